The average Bonchev–Trinajstić information content (AvgIpc) is 3.23. The maximum Gasteiger partial charge on any atom is 0.213 e. The molecule has 0 radical (unpaired) electrons. The van der Waals surface area contributed by atoms with Crippen molar-refractivity contribution in [2.45, 2.75) is 51.0 Å². The largest absolute Gasteiger partial charge is 0.473 e. The Labute approximate surface area is 197 Å². The molecule has 2 aliphatic heterocycles. The highest BCUT2D eigenvalue weighted by atomic mass is 35.5. The van der Waals surface area contributed by atoms with Crippen molar-refractivity contribution in [3.05, 3.63) is 70.6 Å². The second-order valence-corrected chi connectivity index (χ2v) is 9.09. The van der Waals surface area contributed by atoms with Crippen LogP contribution in [0.3, 0.4) is 0 Å². The maximum atomic E-state index is 14.0. The van der Waals surface area contributed by atoms with Gasteiger partial charge in [-0.3, -0.25) is 4.90 Å². The number of hydrogen-bond acceptors (Lipinski definition) is 6. The van der Waals surface area contributed by atoms with Crippen molar-refractivity contribution in [3.63, 3.8) is 0 Å². The van der Waals surface area contributed by atoms with Crippen LogP contribution >= 0.6 is 11.6 Å². The molecule has 1 unspecified atom stereocenters. The SMILES string of the molecule is Fc1cc(Cl)ccc1COc1cccc(C2CCN(Cc3nncn3CC3CCO3)CC2)n1. The van der Waals surface area contributed by atoms with Crippen molar-refractivity contribution >= 4 is 11.6 Å². The molecule has 4 heterocycles. The Hall–Kier alpha value is -2.55. The summed E-state index contributed by atoms with van der Waals surface area (Å²) in [6.45, 7) is 4.54. The lowest BCUT2D eigenvalue weighted by Gasteiger charge is -2.32. The number of piperidine rings is 1. The van der Waals surface area contributed by atoms with Crippen LogP contribution in [-0.2, 0) is 24.4 Å². The van der Waals surface area contributed by atoms with E-state index in [9.17, 15) is 4.39 Å². The molecule has 2 aliphatic rings. The Balaban J connectivity index is 1.14. The molecule has 0 bridgehead atoms. The average molecular weight is 472 g/mol. The van der Waals surface area contributed by atoms with Crippen LogP contribution in [0.4, 0.5) is 4.39 Å². The number of aromatic nitrogens is 4. The summed E-state index contributed by atoms with van der Waals surface area (Å²) in [7, 11) is 0. The predicted molar refractivity (Wildman–Crippen MR) is 122 cm³/mol. The summed E-state index contributed by atoms with van der Waals surface area (Å²) in [5.74, 6) is 1.50. The van der Waals surface area contributed by atoms with Gasteiger partial charge in [-0.25, -0.2) is 9.37 Å². The number of benzene rings is 1. The summed E-state index contributed by atoms with van der Waals surface area (Å²) >= 11 is 5.82. The molecular weight excluding hydrogens is 445 g/mol. The number of pyridine rings is 1. The summed E-state index contributed by atoms with van der Waals surface area (Å²) in [5, 5.41) is 8.79. The van der Waals surface area contributed by atoms with Gasteiger partial charge in [-0.1, -0.05) is 23.7 Å². The summed E-state index contributed by atoms with van der Waals surface area (Å²) in [5.41, 5.74) is 1.48. The molecule has 33 heavy (non-hydrogen) atoms. The Morgan fingerprint density at radius 2 is 2.00 bits per heavy atom. The van der Waals surface area contributed by atoms with Crippen molar-refractivity contribution < 1.29 is 13.9 Å². The summed E-state index contributed by atoms with van der Waals surface area (Å²) < 4.78 is 27.4. The molecule has 5 rings (SSSR count). The van der Waals surface area contributed by atoms with E-state index in [-0.39, 0.29) is 12.4 Å². The predicted octanol–water partition coefficient (Wildman–Crippen LogP) is 4.21. The van der Waals surface area contributed by atoms with Crippen LogP contribution in [0.1, 0.15) is 42.3 Å². The molecule has 1 atom stereocenters. The fraction of sp³-hybridized carbons (Fsp3) is 0.458. The van der Waals surface area contributed by atoms with Crippen molar-refractivity contribution in [2.75, 3.05) is 19.7 Å². The van der Waals surface area contributed by atoms with Crippen LogP contribution in [-0.4, -0.2) is 50.4 Å². The van der Waals surface area contributed by atoms with Crippen molar-refractivity contribution in [1.82, 2.24) is 24.6 Å². The van der Waals surface area contributed by atoms with E-state index >= 15 is 0 Å². The lowest BCUT2D eigenvalue weighted by molar-refractivity contribution is -0.0598. The number of ether oxygens (including phenoxy) is 2. The van der Waals surface area contributed by atoms with E-state index in [1.807, 2.05) is 18.2 Å². The molecule has 9 heteroatoms. The van der Waals surface area contributed by atoms with E-state index in [1.54, 1.807) is 18.5 Å². The van der Waals surface area contributed by atoms with Crippen molar-refractivity contribution in [2.24, 2.45) is 0 Å². The molecule has 2 aromatic heterocycles. The van der Waals surface area contributed by atoms with Gasteiger partial charge >= 0.3 is 0 Å². The van der Waals surface area contributed by atoms with Crippen LogP contribution in [0.15, 0.2) is 42.7 Å². The fourth-order valence-corrected chi connectivity index (χ4v) is 4.48. The quantitative estimate of drug-likeness (QED) is 0.490. The van der Waals surface area contributed by atoms with Crippen molar-refractivity contribution in [1.29, 1.82) is 0 Å². The molecular formula is C24H27ClFN5O2. The molecule has 0 aliphatic carbocycles. The molecule has 174 valence electrons. The monoisotopic (exact) mass is 471 g/mol. The number of hydrogen-bond donors (Lipinski definition) is 0. The minimum atomic E-state index is -0.373. The van der Waals surface area contributed by atoms with Gasteiger partial charge in [0.15, 0.2) is 0 Å². The summed E-state index contributed by atoms with van der Waals surface area (Å²) in [6, 6.07) is 10.4. The van der Waals surface area contributed by atoms with E-state index in [2.05, 4.69) is 19.7 Å². The second kappa shape index (κ2) is 10.2. The van der Waals surface area contributed by atoms with Gasteiger partial charge < -0.3 is 14.0 Å². The minimum absolute atomic E-state index is 0.116. The third-order valence-electron chi connectivity index (χ3n) is 6.40. The smallest absolute Gasteiger partial charge is 0.213 e. The first-order valence-corrected chi connectivity index (χ1v) is 11.8. The standard InChI is InChI=1S/C24H27ClFN5O2/c25-19-5-4-18(21(26)12-19)15-33-24-3-1-2-22(28-24)17-6-9-30(10-7-17)14-23-29-27-16-31(23)13-20-8-11-32-20/h1-5,12,16-17,20H,6-11,13-15H2. The first-order valence-electron chi connectivity index (χ1n) is 11.4. The van der Waals surface area contributed by atoms with Crippen LogP contribution in [0.2, 0.25) is 5.02 Å². The van der Waals surface area contributed by atoms with Crippen LogP contribution in [0, 0.1) is 5.82 Å². The Bertz CT molecular complexity index is 1080. The van der Waals surface area contributed by atoms with Crippen molar-refractivity contribution in [3.8, 4) is 5.88 Å². The zero-order valence-corrected chi connectivity index (χ0v) is 19.1. The normalized spacial score (nSPS) is 19.4. The third kappa shape index (κ3) is 5.51. The molecule has 0 amide bonds. The van der Waals surface area contributed by atoms with Gasteiger partial charge in [0.05, 0.1) is 19.2 Å². The molecule has 3 aromatic rings. The zero-order chi connectivity index (χ0) is 22.6. The first kappa shape index (κ1) is 22.3. The number of likely N-dealkylation sites (tertiary alicyclic amines) is 1. The highest BCUT2D eigenvalue weighted by Crippen LogP contribution is 2.29. The van der Waals surface area contributed by atoms with Crippen LogP contribution in [0.25, 0.3) is 0 Å². The van der Waals surface area contributed by atoms with Crippen LogP contribution in [0.5, 0.6) is 5.88 Å². The Morgan fingerprint density at radius 3 is 2.76 bits per heavy atom. The van der Waals surface area contributed by atoms with E-state index < -0.39 is 0 Å². The zero-order valence-electron chi connectivity index (χ0n) is 18.4. The fourth-order valence-electron chi connectivity index (χ4n) is 4.32. The minimum Gasteiger partial charge on any atom is -0.473 e. The lowest BCUT2D eigenvalue weighted by atomic mass is 9.93. The molecule has 7 nitrogen and oxygen atoms in total. The Kier molecular flexibility index (Phi) is 6.85. The van der Waals surface area contributed by atoms with Gasteiger partial charge in [0.25, 0.3) is 0 Å². The number of nitrogens with zero attached hydrogens (tertiary/aromatic N) is 5. The van der Waals surface area contributed by atoms with E-state index in [0.29, 0.717) is 28.5 Å². The Morgan fingerprint density at radius 1 is 1.15 bits per heavy atom. The van der Waals surface area contributed by atoms with Gasteiger partial charge in [-0.2, -0.15) is 0 Å². The summed E-state index contributed by atoms with van der Waals surface area (Å²) in [4.78, 5) is 7.11. The van der Waals surface area contributed by atoms with Gasteiger partial charge in [0.2, 0.25) is 5.88 Å². The van der Waals surface area contributed by atoms with Gasteiger partial charge in [0.1, 0.15) is 24.6 Å². The molecule has 2 fully saturated rings. The van der Waals surface area contributed by atoms with E-state index in [4.69, 9.17) is 26.1 Å². The lowest BCUT2D eigenvalue weighted by Crippen LogP contribution is -2.35. The van der Waals surface area contributed by atoms with Gasteiger partial charge in [0, 0.05) is 34.9 Å². The molecule has 0 spiro atoms. The number of halogens is 2. The molecule has 0 saturated carbocycles. The van der Waals surface area contributed by atoms with Gasteiger partial charge in [-0.05, 0) is 50.6 Å². The highest BCUT2D eigenvalue weighted by Gasteiger charge is 2.24. The number of rotatable bonds is 8. The summed E-state index contributed by atoms with van der Waals surface area (Å²) in [6.07, 6.45) is 5.23. The maximum absolute atomic E-state index is 14.0. The van der Waals surface area contributed by atoms with E-state index in [0.717, 1.165) is 63.6 Å². The van der Waals surface area contributed by atoms with Gasteiger partial charge in [-0.15, -0.1) is 10.2 Å². The van der Waals surface area contributed by atoms with E-state index in [1.165, 1.54) is 6.07 Å². The molecule has 2 saturated heterocycles. The molecule has 1 aromatic carbocycles. The highest BCUT2D eigenvalue weighted by molar-refractivity contribution is 6.30. The third-order valence-corrected chi connectivity index (χ3v) is 6.63. The first-order chi connectivity index (χ1) is 16.1. The topological polar surface area (TPSA) is 65.3 Å². The van der Waals surface area contributed by atoms with Crippen LogP contribution < -0.4 is 4.74 Å². The molecule has 0 N–H and O–H groups in total. The second-order valence-electron chi connectivity index (χ2n) is 8.66.